The van der Waals surface area contributed by atoms with Crippen LogP contribution >= 0.6 is 0 Å². The molecule has 0 radical (unpaired) electrons. The Labute approximate surface area is 183 Å². The first-order chi connectivity index (χ1) is 15.2. The molecule has 3 atom stereocenters. The third-order valence-corrected chi connectivity index (χ3v) is 6.62. The Hall–Kier alpha value is -3.27. The van der Waals surface area contributed by atoms with Crippen LogP contribution in [-0.2, 0) is 0 Å². The smallest absolute Gasteiger partial charge is 0.251 e. The average molecular weight is 413 g/mol. The van der Waals surface area contributed by atoms with Crippen molar-refractivity contribution in [1.82, 2.24) is 5.32 Å². The Morgan fingerprint density at radius 2 is 2.03 bits per heavy atom. The first-order valence-corrected chi connectivity index (χ1v) is 11.1. The number of rotatable bonds is 5. The highest BCUT2D eigenvalue weighted by Gasteiger charge is 2.39. The second kappa shape index (κ2) is 8.10. The molecule has 0 fully saturated rings. The highest BCUT2D eigenvalue weighted by molar-refractivity contribution is 5.95. The summed E-state index contributed by atoms with van der Waals surface area (Å²) in [5, 5.41) is 9.24. The molecule has 0 saturated carbocycles. The molecule has 0 spiro atoms. The van der Waals surface area contributed by atoms with Gasteiger partial charge >= 0.3 is 0 Å². The molecule has 3 unspecified atom stereocenters. The summed E-state index contributed by atoms with van der Waals surface area (Å²) in [5.41, 5.74) is 4.25. The number of hydrogen-bond acceptors (Lipinski definition) is 3. The quantitative estimate of drug-likeness (QED) is 0.520. The molecule has 5 rings (SSSR count). The largest absolute Gasteiger partial charge is 0.496 e. The molecule has 31 heavy (non-hydrogen) atoms. The van der Waals surface area contributed by atoms with Gasteiger partial charge in [-0.25, -0.2) is 0 Å². The van der Waals surface area contributed by atoms with E-state index in [1.54, 1.807) is 7.11 Å². The highest BCUT2D eigenvalue weighted by atomic mass is 16.5. The summed E-state index contributed by atoms with van der Waals surface area (Å²) >= 11 is 0. The Morgan fingerprint density at radius 3 is 2.87 bits per heavy atom. The van der Waals surface area contributed by atoms with E-state index >= 15 is 0 Å². The van der Waals surface area contributed by atoms with E-state index < -0.39 is 0 Å². The Balaban J connectivity index is 1.59. The van der Waals surface area contributed by atoms with Crippen LogP contribution in [-0.4, -0.2) is 19.6 Å². The predicted molar refractivity (Wildman–Crippen MR) is 126 cm³/mol. The normalized spacial score (nSPS) is 21.3. The van der Waals surface area contributed by atoms with Gasteiger partial charge in [-0.15, -0.1) is 0 Å². The highest BCUT2D eigenvalue weighted by Crippen LogP contribution is 2.52. The molecule has 1 aliphatic heterocycles. The van der Waals surface area contributed by atoms with E-state index in [2.05, 4.69) is 78.2 Å². The van der Waals surface area contributed by atoms with Crippen LogP contribution in [0.2, 0.25) is 0 Å². The molecule has 0 saturated heterocycles. The first kappa shape index (κ1) is 19.7. The van der Waals surface area contributed by atoms with E-state index in [1.165, 1.54) is 21.9 Å². The fourth-order valence-electron chi connectivity index (χ4n) is 5.14. The molecule has 2 N–H and O–H groups in total. The SMILES string of the molecule is CCCNC(=O)c1ccc2c(c1)C1C=CCC1C(c1c(OC)ccc3ccccc13)N2. The number of benzene rings is 3. The standard InChI is InChI=1S/C27H28N2O2/c1-3-15-28-27(30)18-11-13-23-22(16-18)20-9-6-10-21(20)26(29-23)25-19-8-5-4-7-17(19)12-14-24(25)31-2/h4-9,11-14,16,20-21,26,29H,3,10,15H2,1-2H3,(H,28,30). The predicted octanol–water partition coefficient (Wildman–Crippen LogP) is 5.81. The number of carbonyl (C=O) groups is 1. The van der Waals surface area contributed by atoms with Gasteiger partial charge in [-0.3, -0.25) is 4.79 Å². The van der Waals surface area contributed by atoms with Gasteiger partial charge in [-0.1, -0.05) is 49.4 Å². The third kappa shape index (κ3) is 3.36. The van der Waals surface area contributed by atoms with Crippen molar-refractivity contribution in [2.24, 2.45) is 5.92 Å². The van der Waals surface area contributed by atoms with E-state index in [0.29, 0.717) is 12.5 Å². The molecule has 2 aliphatic rings. The van der Waals surface area contributed by atoms with Gasteiger partial charge in [0, 0.05) is 29.3 Å². The van der Waals surface area contributed by atoms with E-state index in [0.717, 1.165) is 29.8 Å². The van der Waals surface area contributed by atoms with E-state index in [1.807, 2.05) is 6.07 Å². The van der Waals surface area contributed by atoms with Gasteiger partial charge < -0.3 is 15.4 Å². The summed E-state index contributed by atoms with van der Waals surface area (Å²) in [5.74, 6) is 1.58. The van der Waals surface area contributed by atoms with Crippen molar-refractivity contribution >= 4 is 22.4 Å². The minimum atomic E-state index is 0.000947. The van der Waals surface area contributed by atoms with Crippen LogP contribution in [0.25, 0.3) is 10.8 Å². The van der Waals surface area contributed by atoms with Gasteiger partial charge in [0.25, 0.3) is 5.91 Å². The fourth-order valence-corrected chi connectivity index (χ4v) is 5.14. The van der Waals surface area contributed by atoms with Crippen LogP contribution in [0.5, 0.6) is 5.75 Å². The zero-order valence-electron chi connectivity index (χ0n) is 18.0. The zero-order chi connectivity index (χ0) is 21.4. The maximum absolute atomic E-state index is 12.5. The van der Waals surface area contributed by atoms with Gasteiger partial charge in [-0.05, 0) is 59.4 Å². The van der Waals surface area contributed by atoms with Crippen molar-refractivity contribution in [1.29, 1.82) is 0 Å². The summed E-state index contributed by atoms with van der Waals surface area (Å²) in [6.45, 7) is 2.76. The lowest BCUT2D eigenvalue weighted by Crippen LogP contribution is -2.30. The topological polar surface area (TPSA) is 50.4 Å². The van der Waals surface area contributed by atoms with Crippen LogP contribution in [0, 0.1) is 5.92 Å². The molecular weight excluding hydrogens is 384 g/mol. The molecule has 1 aliphatic carbocycles. The molecule has 158 valence electrons. The number of allylic oxidation sites excluding steroid dienone is 2. The number of nitrogens with one attached hydrogen (secondary N) is 2. The van der Waals surface area contributed by atoms with Gasteiger partial charge in [0.1, 0.15) is 5.75 Å². The van der Waals surface area contributed by atoms with Gasteiger partial charge in [0.05, 0.1) is 13.2 Å². The summed E-state index contributed by atoms with van der Waals surface area (Å²) in [7, 11) is 1.75. The Bertz CT molecular complexity index is 1170. The van der Waals surface area contributed by atoms with Crippen molar-refractivity contribution in [2.75, 3.05) is 19.0 Å². The number of fused-ring (bicyclic) bond motifs is 4. The molecule has 1 heterocycles. The lowest BCUT2D eigenvalue weighted by atomic mass is 9.75. The Kier molecular flexibility index (Phi) is 5.14. The molecule has 4 nitrogen and oxygen atoms in total. The summed E-state index contributed by atoms with van der Waals surface area (Å²) in [4.78, 5) is 12.5. The summed E-state index contributed by atoms with van der Waals surface area (Å²) in [6.07, 6.45) is 6.52. The van der Waals surface area contributed by atoms with Crippen molar-refractivity contribution in [3.63, 3.8) is 0 Å². The summed E-state index contributed by atoms with van der Waals surface area (Å²) < 4.78 is 5.82. The van der Waals surface area contributed by atoms with Crippen LogP contribution in [0.4, 0.5) is 5.69 Å². The molecule has 0 bridgehead atoms. The van der Waals surface area contributed by atoms with Crippen molar-refractivity contribution in [2.45, 2.75) is 31.7 Å². The molecule has 4 heteroatoms. The summed E-state index contributed by atoms with van der Waals surface area (Å²) in [6, 6.07) is 18.9. The number of amides is 1. The van der Waals surface area contributed by atoms with Gasteiger partial charge in [-0.2, -0.15) is 0 Å². The average Bonchev–Trinajstić information content (AvgIpc) is 3.31. The van der Waals surface area contributed by atoms with E-state index in [-0.39, 0.29) is 17.9 Å². The maximum atomic E-state index is 12.5. The van der Waals surface area contributed by atoms with Crippen LogP contribution in [0.15, 0.2) is 66.7 Å². The van der Waals surface area contributed by atoms with Crippen LogP contribution in [0.3, 0.4) is 0 Å². The first-order valence-electron chi connectivity index (χ1n) is 11.1. The number of ether oxygens (including phenoxy) is 1. The fraction of sp³-hybridized carbons (Fsp3) is 0.296. The monoisotopic (exact) mass is 412 g/mol. The van der Waals surface area contributed by atoms with E-state index in [4.69, 9.17) is 4.74 Å². The number of hydrogen-bond donors (Lipinski definition) is 2. The minimum Gasteiger partial charge on any atom is -0.496 e. The lowest BCUT2D eigenvalue weighted by Gasteiger charge is -2.38. The Morgan fingerprint density at radius 1 is 1.16 bits per heavy atom. The second-order valence-corrected chi connectivity index (χ2v) is 8.44. The third-order valence-electron chi connectivity index (χ3n) is 6.62. The molecule has 3 aromatic rings. The van der Waals surface area contributed by atoms with Gasteiger partial charge in [0.2, 0.25) is 0 Å². The van der Waals surface area contributed by atoms with Crippen molar-refractivity contribution in [3.05, 3.63) is 83.4 Å². The molecule has 1 amide bonds. The second-order valence-electron chi connectivity index (χ2n) is 8.44. The molecule has 0 aromatic heterocycles. The van der Waals surface area contributed by atoms with E-state index in [9.17, 15) is 4.79 Å². The maximum Gasteiger partial charge on any atom is 0.251 e. The zero-order valence-corrected chi connectivity index (χ0v) is 18.0. The number of methoxy groups -OCH3 is 1. The minimum absolute atomic E-state index is 0.000947. The lowest BCUT2D eigenvalue weighted by molar-refractivity contribution is 0.0953. The van der Waals surface area contributed by atoms with Crippen LogP contribution < -0.4 is 15.4 Å². The van der Waals surface area contributed by atoms with Crippen molar-refractivity contribution < 1.29 is 9.53 Å². The number of carbonyl (C=O) groups excluding carboxylic acids is 1. The molecular formula is C27H28N2O2. The van der Waals surface area contributed by atoms with Crippen LogP contribution in [0.1, 0.15) is 53.2 Å². The van der Waals surface area contributed by atoms with Crippen molar-refractivity contribution in [3.8, 4) is 5.75 Å². The molecule has 3 aromatic carbocycles. The van der Waals surface area contributed by atoms with Gasteiger partial charge in [0.15, 0.2) is 0 Å². The number of anilines is 1.